The van der Waals surface area contributed by atoms with Gasteiger partial charge in [0.05, 0.1) is 12.7 Å². The van der Waals surface area contributed by atoms with Gasteiger partial charge in [-0.1, -0.05) is 6.92 Å². The van der Waals surface area contributed by atoms with E-state index in [1.807, 2.05) is 6.92 Å². The molecule has 0 amide bonds. The molecule has 0 rings (SSSR count). The van der Waals surface area contributed by atoms with E-state index in [1.54, 1.807) is 0 Å². The highest BCUT2D eigenvalue weighted by molar-refractivity contribution is 4.62. The molecule has 0 aliphatic rings. The topological polar surface area (TPSA) is 52.5 Å². The summed E-state index contributed by atoms with van der Waals surface area (Å²) in [5.74, 6) is 0. The largest absolute Gasteiger partial charge is 0.394 e. The maximum absolute atomic E-state index is 8.89. The first-order chi connectivity index (χ1) is 4.70. The molecule has 2 atom stereocenters. The summed E-state index contributed by atoms with van der Waals surface area (Å²) in [6.07, 6.45) is 0.423. The molecule has 0 saturated carbocycles. The number of hydrogen-bond acceptors (Lipinski definition) is 3. The van der Waals surface area contributed by atoms with Gasteiger partial charge in [-0.25, -0.2) is 0 Å². The van der Waals surface area contributed by atoms with Crippen molar-refractivity contribution in [2.75, 3.05) is 13.2 Å². The molecule has 10 heavy (non-hydrogen) atoms. The molecule has 0 aliphatic heterocycles. The van der Waals surface area contributed by atoms with E-state index in [9.17, 15) is 0 Å². The molecule has 0 aromatic carbocycles. The van der Waals surface area contributed by atoms with E-state index in [0.29, 0.717) is 12.6 Å². The molecule has 2 unspecified atom stereocenters. The van der Waals surface area contributed by atoms with Crippen LogP contribution in [0, 0.1) is 0 Å². The minimum Gasteiger partial charge on any atom is -0.394 e. The lowest BCUT2D eigenvalue weighted by atomic mass is 10.2. The first-order valence-electron chi connectivity index (χ1n) is 3.73. The number of rotatable bonds is 5. The second kappa shape index (κ2) is 5.65. The predicted octanol–water partition coefficient (Wildman–Crippen LogP) is -0.272. The van der Waals surface area contributed by atoms with Crippen LogP contribution in [-0.2, 0) is 0 Å². The molecule has 0 aromatic heterocycles. The van der Waals surface area contributed by atoms with Gasteiger partial charge in [0.15, 0.2) is 0 Å². The zero-order chi connectivity index (χ0) is 7.98. The average molecular weight is 147 g/mol. The van der Waals surface area contributed by atoms with Crippen molar-refractivity contribution in [2.45, 2.75) is 32.4 Å². The molecule has 0 radical (unpaired) electrons. The summed E-state index contributed by atoms with van der Waals surface area (Å²) >= 11 is 0. The van der Waals surface area contributed by atoms with Gasteiger partial charge in [-0.3, -0.25) is 0 Å². The number of nitrogens with one attached hydrogen (secondary N) is 1. The van der Waals surface area contributed by atoms with Crippen LogP contribution in [0.25, 0.3) is 0 Å². The Kier molecular flexibility index (Phi) is 5.58. The Morgan fingerprint density at radius 1 is 1.50 bits per heavy atom. The van der Waals surface area contributed by atoms with Gasteiger partial charge in [-0.2, -0.15) is 0 Å². The van der Waals surface area contributed by atoms with Crippen LogP contribution in [0.5, 0.6) is 0 Å². The lowest BCUT2D eigenvalue weighted by Crippen LogP contribution is -2.34. The van der Waals surface area contributed by atoms with Crippen molar-refractivity contribution in [3.05, 3.63) is 0 Å². The molecule has 3 N–H and O–H groups in total. The molecule has 3 heteroatoms. The maximum atomic E-state index is 8.89. The molecule has 0 aliphatic carbocycles. The van der Waals surface area contributed by atoms with Gasteiger partial charge in [0.25, 0.3) is 0 Å². The van der Waals surface area contributed by atoms with E-state index >= 15 is 0 Å². The van der Waals surface area contributed by atoms with E-state index in [2.05, 4.69) is 12.2 Å². The van der Waals surface area contributed by atoms with Crippen LogP contribution in [0.1, 0.15) is 20.3 Å². The fourth-order valence-electron chi connectivity index (χ4n) is 0.546. The van der Waals surface area contributed by atoms with Gasteiger partial charge >= 0.3 is 0 Å². The van der Waals surface area contributed by atoms with Gasteiger partial charge in [-0.05, 0) is 13.3 Å². The van der Waals surface area contributed by atoms with E-state index in [0.717, 1.165) is 6.42 Å². The molecule has 0 aromatic rings. The molecular formula is C7H17NO2. The average Bonchev–Trinajstić information content (AvgIpc) is 1.99. The first kappa shape index (κ1) is 9.88. The number of aliphatic hydroxyl groups is 2. The van der Waals surface area contributed by atoms with Gasteiger partial charge in [0.2, 0.25) is 0 Å². The van der Waals surface area contributed by atoms with Crippen LogP contribution < -0.4 is 5.32 Å². The molecule has 0 saturated heterocycles. The molecule has 0 fully saturated rings. The van der Waals surface area contributed by atoms with Crippen molar-refractivity contribution in [1.82, 2.24) is 5.32 Å². The third kappa shape index (κ3) is 4.73. The summed E-state index contributed by atoms with van der Waals surface area (Å²) < 4.78 is 0. The molecule has 0 spiro atoms. The maximum Gasteiger partial charge on any atom is 0.0895 e. The minimum atomic E-state index is -0.617. The van der Waals surface area contributed by atoms with E-state index in [4.69, 9.17) is 10.2 Å². The highest BCUT2D eigenvalue weighted by atomic mass is 16.3. The van der Waals surface area contributed by atoms with Gasteiger partial charge in [0.1, 0.15) is 0 Å². The van der Waals surface area contributed by atoms with Crippen molar-refractivity contribution < 1.29 is 10.2 Å². The number of hydrogen-bond donors (Lipinski definition) is 3. The van der Waals surface area contributed by atoms with Gasteiger partial charge in [0, 0.05) is 12.6 Å². The summed E-state index contributed by atoms with van der Waals surface area (Å²) in [7, 11) is 0. The van der Waals surface area contributed by atoms with Crippen molar-refractivity contribution in [1.29, 1.82) is 0 Å². The zero-order valence-corrected chi connectivity index (χ0v) is 6.67. The zero-order valence-electron chi connectivity index (χ0n) is 6.67. The van der Waals surface area contributed by atoms with Gasteiger partial charge in [-0.15, -0.1) is 0 Å². The van der Waals surface area contributed by atoms with Crippen LogP contribution in [0.3, 0.4) is 0 Å². The van der Waals surface area contributed by atoms with E-state index in [-0.39, 0.29) is 6.61 Å². The Morgan fingerprint density at radius 2 is 2.10 bits per heavy atom. The number of aliphatic hydroxyl groups excluding tert-OH is 2. The van der Waals surface area contributed by atoms with Crippen LogP contribution in [0.4, 0.5) is 0 Å². The summed E-state index contributed by atoms with van der Waals surface area (Å²) in [6.45, 7) is 4.43. The Hall–Kier alpha value is -0.120. The van der Waals surface area contributed by atoms with Crippen molar-refractivity contribution >= 4 is 0 Å². The highest BCUT2D eigenvalue weighted by Crippen LogP contribution is 1.87. The Bertz CT molecular complexity index is 68.0. The molecule has 0 heterocycles. The van der Waals surface area contributed by atoms with Crippen LogP contribution >= 0.6 is 0 Å². The minimum absolute atomic E-state index is 0.163. The monoisotopic (exact) mass is 147 g/mol. The third-order valence-corrected chi connectivity index (χ3v) is 1.53. The van der Waals surface area contributed by atoms with Gasteiger partial charge < -0.3 is 15.5 Å². The lowest BCUT2D eigenvalue weighted by Gasteiger charge is -2.13. The lowest BCUT2D eigenvalue weighted by molar-refractivity contribution is 0.0922. The summed E-state index contributed by atoms with van der Waals surface area (Å²) in [5.41, 5.74) is 0. The summed E-state index contributed by atoms with van der Waals surface area (Å²) in [4.78, 5) is 0. The van der Waals surface area contributed by atoms with E-state index < -0.39 is 6.10 Å². The standard InChI is InChI=1S/C7H17NO2/c1-3-6(2)8-4-7(10)5-9/h6-10H,3-5H2,1-2H3. The highest BCUT2D eigenvalue weighted by Gasteiger charge is 2.02. The molecule has 0 bridgehead atoms. The molecule has 3 nitrogen and oxygen atoms in total. The fourth-order valence-corrected chi connectivity index (χ4v) is 0.546. The smallest absolute Gasteiger partial charge is 0.0895 e. The Morgan fingerprint density at radius 3 is 2.50 bits per heavy atom. The second-order valence-electron chi connectivity index (χ2n) is 2.55. The second-order valence-corrected chi connectivity index (χ2v) is 2.55. The molecule has 62 valence electrons. The Balaban J connectivity index is 3.17. The van der Waals surface area contributed by atoms with Crippen molar-refractivity contribution in [3.8, 4) is 0 Å². The first-order valence-corrected chi connectivity index (χ1v) is 3.73. The van der Waals surface area contributed by atoms with Crippen molar-refractivity contribution in [3.63, 3.8) is 0 Å². The Labute approximate surface area is 62.1 Å². The molecular weight excluding hydrogens is 130 g/mol. The summed E-state index contributed by atoms with van der Waals surface area (Å²) in [6, 6.07) is 0.418. The van der Waals surface area contributed by atoms with Crippen molar-refractivity contribution in [2.24, 2.45) is 0 Å². The van der Waals surface area contributed by atoms with Crippen LogP contribution in [-0.4, -0.2) is 35.5 Å². The van der Waals surface area contributed by atoms with Crippen LogP contribution in [0.2, 0.25) is 0 Å². The van der Waals surface area contributed by atoms with Crippen LogP contribution in [0.15, 0.2) is 0 Å². The normalized spacial score (nSPS) is 16.8. The predicted molar refractivity (Wildman–Crippen MR) is 40.8 cm³/mol. The van der Waals surface area contributed by atoms with E-state index in [1.165, 1.54) is 0 Å². The quantitative estimate of drug-likeness (QED) is 0.501. The SMILES string of the molecule is CCC(C)NCC(O)CO. The summed E-state index contributed by atoms with van der Waals surface area (Å²) in [5, 5.41) is 20.4. The fraction of sp³-hybridized carbons (Fsp3) is 1.00. The third-order valence-electron chi connectivity index (χ3n) is 1.53.